The molecule has 32 heavy (non-hydrogen) atoms. The van der Waals surface area contributed by atoms with Gasteiger partial charge in [0.15, 0.2) is 0 Å². The van der Waals surface area contributed by atoms with Crippen molar-refractivity contribution in [2.75, 3.05) is 5.32 Å². The van der Waals surface area contributed by atoms with Gasteiger partial charge in [0.05, 0.1) is 10.1 Å². The van der Waals surface area contributed by atoms with Crippen LogP contribution in [0.25, 0.3) is 16.5 Å². The number of fused-ring (bicyclic) bond motifs is 1. The molecule has 0 aliphatic carbocycles. The second-order valence-electron chi connectivity index (χ2n) is 7.92. The zero-order valence-corrected chi connectivity index (χ0v) is 19.3. The number of carbonyl (C=O) groups is 3. The molecule has 0 bridgehead atoms. The summed E-state index contributed by atoms with van der Waals surface area (Å²) in [5.74, 6) is -0.789. The lowest BCUT2D eigenvalue weighted by molar-refractivity contribution is -0.123. The van der Waals surface area contributed by atoms with Crippen molar-refractivity contribution in [1.82, 2.24) is 10.3 Å². The Labute approximate surface area is 194 Å². The van der Waals surface area contributed by atoms with E-state index < -0.39 is 5.91 Å². The molecule has 0 fully saturated rings. The Kier molecular flexibility index (Phi) is 6.55. The van der Waals surface area contributed by atoms with Crippen molar-refractivity contribution >= 4 is 55.8 Å². The maximum Gasteiger partial charge on any atom is 0.265 e. The molecule has 2 heterocycles. The number of hydrogen-bond donors (Lipinski definition) is 3. The van der Waals surface area contributed by atoms with Gasteiger partial charge in [-0.2, -0.15) is 0 Å². The van der Waals surface area contributed by atoms with Crippen LogP contribution in [0.5, 0.6) is 0 Å². The van der Waals surface area contributed by atoms with Gasteiger partial charge >= 0.3 is 0 Å². The first-order chi connectivity index (χ1) is 15.5. The average Bonchev–Trinajstić information content (AvgIpc) is 3.25. The van der Waals surface area contributed by atoms with Crippen LogP contribution < -0.4 is 10.6 Å². The minimum absolute atomic E-state index is 0.0147. The fraction of sp³-hybridized carbons (Fsp3) is 0.240. The first-order valence-electron chi connectivity index (χ1n) is 10.7. The lowest BCUT2D eigenvalue weighted by atomic mass is 9.99. The third-order valence-corrected chi connectivity index (χ3v) is 6.41. The summed E-state index contributed by atoms with van der Waals surface area (Å²) in [6.07, 6.45) is 3.69. The Balaban J connectivity index is 1.40. The van der Waals surface area contributed by atoms with Crippen LogP contribution in [0.1, 0.15) is 42.5 Å². The van der Waals surface area contributed by atoms with E-state index in [2.05, 4.69) is 31.5 Å². The Morgan fingerprint density at radius 2 is 1.72 bits per heavy atom. The number of halogens is 1. The van der Waals surface area contributed by atoms with Gasteiger partial charge in [-0.3, -0.25) is 19.7 Å². The number of unbranched alkanes of at least 4 members (excludes halogenated alkanes) is 2. The third kappa shape index (κ3) is 4.53. The van der Waals surface area contributed by atoms with Crippen molar-refractivity contribution in [2.45, 2.75) is 39.0 Å². The van der Waals surface area contributed by atoms with Gasteiger partial charge in [-0.05, 0) is 59.8 Å². The van der Waals surface area contributed by atoms with Crippen LogP contribution in [0.3, 0.4) is 0 Å². The molecule has 1 aromatic heterocycles. The van der Waals surface area contributed by atoms with Crippen molar-refractivity contribution < 1.29 is 14.4 Å². The summed E-state index contributed by atoms with van der Waals surface area (Å²) in [6, 6.07) is 15.5. The number of imide groups is 1. The predicted octanol–water partition coefficient (Wildman–Crippen LogP) is 4.98. The topological polar surface area (TPSA) is 91.1 Å². The molecule has 164 valence electrons. The summed E-state index contributed by atoms with van der Waals surface area (Å²) in [5, 5.41) is 6.23. The van der Waals surface area contributed by atoms with Crippen LogP contribution >= 0.6 is 15.9 Å². The summed E-state index contributed by atoms with van der Waals surface area (Å²) in [6.45, 7) is 1.97. The van der Waals surface area contributed by atoms with E-state index in [9.17, 15) is 14.4 Å². The van der Waals surface area contributed by atoms with Gasteiger partial charge in [0.1, 0.15) is 0 Å². The average molecular weight is 494 g/mol. The number of aryl methyl sites for hydroxylation is 2. The van der Waals surface area contributed by atoms with Crippen LogP contribution in [-0.4, -0.2) is 22.7 Å². The standard InChI is InChI=1S/C25H24BrN3O3/c1-15-9-5-7-11-17(15)28-20(30)14-4-2-3-13-19-21(16-10-6-8-12-18(16)27-19)22-23(26)25(32)29-24(22)31/h5-12,27H,2-4,13-14H2,1H3,(H,28,30)(H,29,31,32). The van der Waals surface area contributed by atoms with Gasteiger partial charge < -0.3 is 10.3 Å². The van der Waals surface area contributed by atoms with E-state index in [1.807, 2.05) is 55.5 Å². The van der Waals surface area contributed by atoms with Crippen molar-refractivity contribution in [3.63, 3.8) is 0 Å². The molecule has 1 aliphatic rings. The monoisotopic (exact) mass is 493 g/mol. The summed E-state index contributed by atoms with van der Waals surface area (Å²) < 4.78 is 0.265. The molecule has 0 unspecified atom stereocenters. The highest BCUT2D eigenvalue weighted by molar-refractivity contribution is 9.12. The van der Waals surface area contributed by atoms with Gasteiger partial charge in [-0.15, -0.1) is 0 Å². The van der Waals surface area contributed by atoms with Crippen LogP contribution in [0, 0.1) is 6.92 Å². The van der Waals surface area contributed by atoms with Gasteiger partial charge in [-0.25, -0.2) is 0 Å². The lowest BCUT2D eigenvalue weighted by Gasteiger charge is -2.08. The molecular formula is C25H24BrN3O3. The van der Waals surface area contributed by atoms with Crippen molar-refractivity contribution in [2.24, 2.45) is 0 Å². The van der Waals surface area contributed by atoms with E-state index in [0.29, 0.717) is 18.4 Å². The number of H-pyrrole nitrogens is 1. The molecule has 3 amide bonds. The molecule has 0 saturated carbocycles. The van der Waals surface area contributed by atoms with E-state index >= 15 is 0 Å². The number of para-hydroxylation sites is 2. The maximum absolute atomic E-state index is 12.4. The SMILES string of the molecule is Cc1ccccc1NC(=O)CCCCCc1[nH]c2ccccc2c1C1=C(Br)C(=O)NC1=O. The fourth-order valence-electron chi connectivity index (χ4n) is 4.02. The number of rotatable bonds is 8. The summed E-state index contributed by atoms with van der Waals surface area (Å²) in [4.78, 5) is 40.1. The zero-order valence-electron chi connectivity index (χ0n) is 17.8. The van der Waals surface area contributed by atoms with Gasteiger partial charge in [-0.1, -0.05) is 42.8 Å². The lowest BCUT2D eigenvalue weighted by Crippen LogP contribution is -2.22. The van der Waals surface area contributed by atoms with Crippen LogP contribution in [0.4, 0.5) is 5.69 Å². The van der Waals surface area contributed by atoms with E-state index in [1.165, 1.54) is 0 Å². The number of aromatic amines is 1. The highest BCUT2D eigenvalue weighted by atomic mass is 79.9. The zero-order chi connectivity index (χ0) is 22.7. The maximum atomic E-state index is 12.4. The second kappa shape index (κ2) is 9.53. The number of nitrogens with one attached hydrogen (secondary N) is 3. The fourth-order valence-corrected chi connectivity index (χ4v) is 4.50. The van der Waals surface area contributed by atoms with Crippen molar-refractivity contribution in [3.8, 4) is 0 Å². The molecule has 6 nitrogen and oxygen atoms in total. The van der Waals surface area contributed by atoms with Crippen molar-refractivity contribution in [3.05, 3.63) is 69.8 Å². The smallest absolute Gasteiger partial charge is 0.265 e. The number of amides is 3. The minimum Gasteiger partial charge on any atom is -0.358 e. The molecule has 7 heteroatoms. The largest absolute Gasteiger partial charge is 0.358 e. The van der Waals surface area contributed by atoms with Gasteiger partial charge in [0.25, 0.3) is 11.8 Å². The highest BCUT2D eigenvalue weighted by Crippen LogP contribution is 2.36. The van der Waals surface area contributed by atoms with E-state index in [1.54, 1.807) is 0 Å². The van der Waals surface area contributed by atoms with Crippen LogP contribution in [-0.2, 0) is 20.8 Å². The first kappa shape index (κ1) is 22.0. The van der Waals surface area contributed by atoms with Gasteiger partial charge in [0, 0.05) is 34.3 Å². The highest BCUT2D eigenvalue weighted by Gasteiger charge is 2.32. The van der Waals surface area contributed by atoms with Crippen molar-refractivity contribution in [1.29, 1.82) is 0 Å². The molecule has 0 atom stereocenters. The molecule has 3 aromatic rings. The minimum atomic E-state index is -0.416. The molecular weight excluding hydrogens is 470 g/mol. The normalized spacial score (nSPS) is 13.7. The Bertz CT molecular complexity index is 1240. The van der Waals surface area contributed by atoms with Gasteiger partial charge in [0.2, 0.25) is 5.91 Å². The molecule has 1 aliphatic heterocycles. The number of hydrogen-bond acceptors (Lipinski definition) is 3. The number of aromatic nitrogens is 1. The molecule has 0 radical (unpaired) electrons. The number of carbonyl (C=O) groups excluding carboxylic acids is 3. The summed E-state index contributed by atoms with van der Waals surface area (Å²) >= 11 is 3.28. The molecule has 0 saturated heterocycles. The number of benzene rings is 2. The molecule has 2 aromatic carbocycles. The molecule has 3 N–H and O–H groups in total. The van der Waals surface area contributed by atoms with E-state index in [0.717, 1.165) is 52.7 Å². The van der Waals surface area contributed by atoms with E-state index in [-0.39, 0.29) is 16.3 Å². The molecule has 4 rings (SSSR count). The second-order valence-corrected chi connectivity index (χ2v) is 8.71. The van der Waals surface area contributed by atoms with Crippen LogP contribution in [0.15, 0.2) is 53.0 Å². The third-order valence-electron chi connectivity index (χ3n) is 5.66. The first-order valence-corrected chi connectivity index (χ1v) is 11.5. The predicted molar refractivity (Wildman–Crippen MR) is 129 cm³/mol. The Morgan fingerprint density at radius 1 is 0.969 bits per heavy atom. The Hall–Kier alpha value is -3.19. The number of anilines is 1. The molecule has 0 spiro atoms. The van der Waals surface area contributed by atoms with E-state index in [4.69, 9.17) is 0 Å². The quantitative estimate of drug-likeness (QED) is 0.305. The van der Waals surface area contributed by atoms with Crippen LogP contribution in [0.2, 0.25) is 0 Å². The summed E-state index contributed by atoms with van der Waals surface area (Å²) in [5.41, 5.74) is 4.89. The summed E-state index contributed by atoms with van der Waals surface area (Å²) in [7, 11) is 0. The Morgan fingerprint density at radius 3 is 2.47 bits per heavy atom.